The zero-order valence-electron chi connectivity index (χ0n) is 6.53. The Hall–Kier alpha value is -0.530. The molecule has 0 radical (unpaired) electrons. The third-order valence-electron chi connectivity index (χ3n) is 2.68. The van der Waals surface area contributed by atoms with Gasteiger partial charge in [0.25, 0.3) is 0 Å². The van der Waals surface area contributed by atoms with Gasteiger partial charge in [0.15, 0.2) is 0 Å². The Balaban J connectivity index is 2.11. The van der Waals surface area contributed by atoms with Crippen LogP contribution < -0.4 is 0 Å². The van der Waals surface area contributed by atoms with E-state index in [2.05, 4.69) is 18.2 Å². The fraction of sp³-hybridized carbons (Fsp3) is 0.400. The number of rotatable bonds is 0. The van der Waals surface area contributed by atoms with E-state index in [1.807, 2.05) is 6.07 Å². The van der Waals surface area contributed by atoms with E-state index in [1.54, 1.807) is 0 Å². The van der Waals surface area contributed by atoms with Crippen molar-refractivity contribution in [3.05, 3.63) is 35.4 Å². The second-order valence-electron chi connectivity index (χ2n) is 3.44. The van der Waals surface area contributed by atoms with Crippen molar-refractivity contribution >= 4 is 11.6 Å². The molecule has 3 rings (SSSR count). The third kappa shape index (κ3) is 0.838. The van der Waals surface area contributed by atoms with E-state index in [4.69, 9.17) is 16.3 Å². The van der Waals surface area contributed by atoms with Gasteiger partial charge < -0.3 is 4.74 Å². The van der Waals surface area contributed by atoms with Gasteiger partial charge in [-0.05, 0) is 11.1 Å². The molecule has 0 N–H and O–H groups in total. The van der Waals surface area contributed by atoms with Gasteiger partial charge in [-0.15, -0.1) is 11.6 Å². The van der Waals surface area contributed by atoms with Gasteiger partial charge in [-0.2, -0.15) is 0 Å². The molecule has 2 heteroatoms. The Bertz CT molecular complexity index is 323. The van der Waals surface area contributed by atoms with Gasteiger partial charge in [-0.25, -0.2) is 0 Å². The van der Waals surface area contributed by atoms with E-state index < -0.39 is 0 Å². The number of halogens is 1. The summed E-state index contributed by atoms with van der Waals surface area (Å²) < 4.78 is 5.44. The number of hydrogen-bond acceptors (Lipinski definition) is 1. The number of benzene rings is 1. The van der Waals surface area contributed by atoms with Gasteiger partial charge in [0.1, 0.15) is 6.10 Å². The first-order valence-electron chi connectivity index (χ1n) is 4.23. The largest absolute Gasteiger partial charge is 0.367 e. The van der Waals surface area contributed by atoms with E-state index >= 15 is 0 Å². The van der Waals surface area contributed by atoms with Crippen LogP contribution in [0.15, 0.2) is 24.3 Å². The van der Waals surface area contributed by atoms with Crippen LogP contribution in [0.5, 0.6) is 0 Å². The van der Waals surface area contributed by atoms with Crippen molar-refractivity contribution in [3.8, 4) is 0 Å². The molecule has 62 valence electrons. The second-order valence-corrected chi connectivity index (χ2v) is 3.91. The molecule has 1 saturated heterocycles. The van der Waals surface area contributed by atoms with Crippen molar-refractivity contribution in [1.82, 2.24) is 0 Å². The highest BCUT2D eigenvalue weighted by atomic mass is 35.5. The van der Waals surface area contributed by atoms with Crippen LogP contribution in [0.25, 0.3) is 0 Å². The molecule has 1 aliphatic carbocycles. The molecular weight excluding hydrogens is 172 g/mol. The predicted molar refractivity (Wildman–Crippen MR) is 47.4 cm³/mol. The Morgan fingerprint density at radius 1 is 1.33 bits per heavy atom. The zero-order chi connectivity index (χ0) is 8.13. The molecule has 1 heterocycles. The predicted octanol–water partition coefficient (Wildman–Crippen LogP) is 2.29. The molecule has 1 aromatic carbocycles. The van der Waals surface area contributed by atoms with Gasteiger partial charge in [0.05, 0.1) is 11.5 Å². The Morgan fingerprint density at radius 3 is 3.08 bits per heavy atom. The molecule has 3 unspecified atom stereocenters. The second kappa shape index (κ2) is 2.24. The van der Waals surface area contributed by atoms with Crippen molar-refractivity contribution in [2.75, 3.05) is 0 Å². The van der Waals surface area contributed by atoms with Crippen LogP contribution in [0.1, 0.15) is 16.5 Å². The van der Waals surface area contributed by atoms with Crippen LogP contribution in [0.4, 0.5) is 0 Å². The first kappa shape index (κ1) is 6.93. The molecule has 0 aromatic heterocycles. The van der Waals surface area contributed by atoms with Gasteiger partial charge in [0.2, 0.25) is 0 Å². The summed E-state index contributed by atoms with van der Waals surface area (Å²) in [4.78, 5) is 0. The lowest BCUT2D eigenvalue weighted by Crippen LogP contribution is -2.14. The summed E-state index contributed by atoms with van der Waals surface area (Å²) in [5.41, 5.74) is 2.62. The average molecular weight is 181 g/mol. The van der Waals surface area contributed by atoms with Gasteiger partial charge in [0, 0.05) is 6.42 Å². The van der Waals surface area contributed by atoms with Crippen molar-refractivity contribution in [3.63, 3.8) is 0 Å². The maximum absolute atomic E-state index is 6.21. The third-order valence-corrected chi connectivity index (χ3v) is 3.17. The lowest BCUT2D eigenvalue weighted by atomic mass is 9.92. The molecular formula is C10H9ClO. The van der Waals surface area contributed by atoms with Crippen LogP contribution in [0.2, 0.25) is 0 Å². The van der Waals surface area contributed by atoms with Gasteiger partial charge >= 0.3 is 0 Å². The maximum atomic E-state index is 6.21. The number of fused-ring (bicyclic) bond motifs is 2. The lowest BCUT2D eigenvalue weighted by molar-refractivity contribution is 0.372. The molecule has 0 saturated carbocycles. The molecule has 0 bridgehead atoms. The molecule has 12 heavy (non-hydrogen) atoms. The number of alkyl halides is 1. The van der Waals surface area contributed by atoms with E-state index in [0.717, 1.165) is 6.42 Å². The quantitative estimate of drug-likeness (QED) is 0.441. The summed E-state index contributed by atoms with van der Waals surface area (Å²) in [6.45, 7) is 0. The van der Waals surface area contributed by atoms with Crippen molar-refractivity contribution in [2.24, 2.45) is 0 Å². The Kier molecular flexibility index (Phi) is 1.29. The minimum atomic E-state index is 0.0833. The van der Waals surface area contributed by atoms with Crippen LogP contribution in [-0.4, -0.2) is 12.2 Å². The molecule has 2 aliphatic rings. The summed E-state index contributed by atoms with van der Waals surface area (Å²) >= 11 is 6.21. The van der Waals surface area contributed by atoms with Gasteiger partial charge in [-0.1, -0.05) is 24.3 Å². The summed E-state index contributed by atoms with van der Waals surface area (Å²) in [5.74, 6) is 0. The standard InChI is InChI=1S/C10H9ClO/c11-9-7-4-2-1-3-6(7)5-8-10(9)12-8/h1-4,8-10H,5H2. The summed E-state index contributed by atoms with van der Waals surface area (Å²) in [5, 5.41) is 0.0833. The highest BCUT2D eigenvalue weighted by Gasteiger charge is 2.48. The van der Waals surface area contributed by atoms with Crippen LogP contribution in [0.3, 0.4) is 0 Å². The van der Waals surface area contributed by atoms with E-state index in [0.29, 0.717) is 12.2 Å². The number of ether oxygens (including phenoxy) is 1. The van der Waals surface area contributed by atoms with E-state index in [1.165, 1.54) is 11.1 Å². The van der Waals surface area contributed by atoms with E-state index in [-0.39, 0.29) is 5.38 Å². The molecule has 1 aromatic rings. The number of hydrogen-bond donors (Lipinski definition) is 0. The van der Waals surface area contributed by atoms with Crippen LogP contribution in [-0.2, 0) is 11.2 Å². The summed E-state index contributed by atoms with van der Waals surface area (Å²) in [6, 6.07) is 8.34. The van der Waals surface area contributed by atoms with Crippen molar-refractivity contribution < 1.29 is 4.74 Å². The summed E-state index contributed by atoms with van der Waals surface area (Å²) in [7, 11) is 0. The average Bonchev–Trinajstić information content (AvgIpc) is 2.84. The minimum Gasteiger partial charge on any atom is -0.367 e. The van der Waals surface area contributed by atoms with Crippen molar-refractivity contribution in [2.45, 2.75) is 24.0 Å². The fourth-order valence-corrected chi connectivity index (χ4v) is 2.40. The smallest absolute Gasteiger partial charge is 0.105 e. The molecule has 1 nitrogen and oxygen atoms in total. The topological polar surface area (TPSA) is 12.5 Å². The molecule has 0 spiro atoms. The summed E-state index contributed by atoms with van der Waals surface area (Å²) in [6.07, 6.45) is 1.74. The zero-order valence-corrected chi connectivity index (χ0v) is 7.29. The SMILES string of the molecule is ClC1c2ccccc2CC2OC21. The lowest BCUT2D eigenvalue weighted by Gasteiger charge is -2.16. The van der Waals surface area contributed by atoms with Gasteiger partial charge in [-0.3, -0.25) is 0 Å². The van der Waals surface area contributed by atoms with Crippen LogP contribution in [0, 0.1) is 0 Å². The minimum absolute atomic E-state index is 0.0833. The van der Waals surface area contributed by atoms with Crippen molar-refractivity contribution in [1.29, 1.82) is 0 Å². The number of epoxide rings is 1. The highest BCUT2D eigenvalue weighted by Crippen LogP contribution is 2.46. The molecule has 0 amide bonds. The van der Waals surface area contributed by atoms with Crippen LogP contribution >= 0.6 is 11.6 Å². The first-order chi connectivity index (χ1) is 5.86. The normalized spacial score (nSPS) is 36.9. The Labute approximate surface area is 76.3 Å². The Morgan fingerprint density at radius 2 is 2.17 bits per heavy atom. The maximum Gasteiger partial charge on any atom is 0.105 e. The first-order valence-corrected chi connectivity index (χ1v) is 4.67. The molecule has 3 atom stereocenters. The fourth-order valence-electron chi connectivity index (χ4n) is 1.96. The molecule has 1 aliphatic heterocycles. The highest BCUT2D eigenvalue weighted by molar-refractivity contribution is 6.21. The monoisotopic (exact) mass is 180 g/mol. The molecule has 1 fully saturated rings. The van der Waals surface area contributed by atoms with E-state index in [9.17, 15) is 0 Å².